The van der Waals surface area contributed by atoms with Crippen molar-refractivity contribution in [3.8, 4) is 11.1 Å². The van der Waals surface area contributed by atoms with Crippen LogP contribution in [0.4, 0.5) is 5.82 Å². The summed E-state index contributed by atoms with van der Waals surface area (Å²) in [5.41, 5.74) is 3.85. The molecule has 6 aromatic rings. The number of benzene rings is 5. The molecular weight excluding hydrogens is 679 g/mol. The monoisotopic (exact) mass is 718 g/mol. The molecule has 7 nitrogen and oxygen atoms in total. The van der Waals surface area contributed by atoms with Crippen molar-refractivity contribution >= 4 is 45.8 Å². The van der Waals surface area contributed by atoms with Gasteiger partial charge in [0.25, 0.3) is 0 Å². The van der Waals surface area contributed by atoms with E-state index in [0.29, 0.717) is 40.9 Å². The molecule has 0 radical (unpaired) electrons. The molecule has 9 heteroatoms. The summed E-state index contributed by atoms with van der Waals surface area (Å²) in [5.74, 6) is -0.151. The van der Waals surface area contributed by atoms with Crippen molar-refractivity contribution in [1.29, 1.82) is 0 Å². The van der Waals surface area contributed by atoms with Crippen LogP contribution in [0.5, 0.6) is 0 Å². The lowest BCUT2D eigenvalue weighted by Crippen LogP contribution is -2.41. The third kappa shape index (κ3) is 6.80. The predicted octanol–water partition coefficient (Wildman–Crippen LogP) is 9.20. The van der Waals surface area contributed by atoms with E-state index in [2.05, 4.69) is 41.7 Å². The van der Waals surface area contributed by atoms with Crippen LogP contribution in [0, 0.1) is 5.92 Å². The normalized spacial score (nSPS) is 16.0. The van der Waals surface area contributed by atoms with Gasteiger partial charge in [-0.1, -0.05) is 126 Å². The lowest BCUT2D eigenvalue weighted by molar-refractivity contribution is -0.234. The number of aliphatic hydroxyl groups is 1. The predicted molar refractivity (Wildman–Crippen MR) is 205 cm³/mol. The standard InChI is InChI=1S/C42H40Cl2N4O3/c1-41(2,3)51-40(50)47-25-24-29(27-47)39(49)45-38-33-26-28(37-34(43)20-13-21-35(37)44)22-23-36(33)48(46-38)42(30-14-7-4-8-15-30,31-16-9-5-10-17-31)32-18-11-6-12-19-32/h4-23,26,29,40,50H,24-25,27H2,1-3H3,(H,45,46,49)/t29-,40?/m1/s1. The first-order valence-corrected chi connectivity index (χ1v) is 17.9. The first-order valence-electron chi connectivity index (χ1n) is 17.1. The number of hydrogen-bond acceptors (Lipinski definition) is 5. The fourth-order valence-electron chi connectivity index (χ4n) is 7.11. The van der Waals surface area contributed by atoms with E-state index < -0.39 is 17.6 Å². The summed E-state index contributed by atoms with van der Waals surface area (Å²) in [7, 11) is 0. The van der Waals surface area contributed by atoms with Gasteiger partial charge >= 0.3 is 0 Å². The third-order valence-corrected chi connectivity index (χ3v) is 10.1. The van der Waals surface area contributed by atoms with Gasteiger partial charge in [0, 0.05) is 34.1 Å². The van der Waals surface area contributed by atoms with Crippen molar-refractivity contribution in [3.63, 3.8) is 0 Å². The molecule has 0 saturated carbocycles. The molecule has 260 valence electrons. The number of aliphatic hydroxyl groups excluding tert-OH is 1. The Kier molecular flexibility index (Phi) is 9.76. The van der Waals surface area contributed by atoms with Gasteiger partial charge in [0.05, 0.1) is 17.0 Å². The van der Waals surface area contributed by atoms with Crippen molar-refractivity contribution in [1.82, 2.24) is 14.7 Å². The van der Waals surface area contributed by atoms with Crippen LogP contribution in [-0.4, -0.2) is 50.8 Å². The Morgan fingerprint density at radius 2 is 1.37 bits per heavy atom. The molecule has 1 aliphatic heterocycles. The van der Waals surface area contributed by atoms with E-state index in [1.165, 1.54) is 0 Å². The zero-order valence-corrected chi connectivity index (χ0v) is 30.3. The van der Waals surface area contributed by atoms with E-state index in [1.807, 2.05) is 116 Å². The number of carbonyl (C=O) groups excluding carboxylic acids is 1. The maximum atomic E-state index is 14.1. The van der Waals surface area contributed by atoms with Gasteiger partial charge in [0.1, 0.15) is 5.54 Å². The van der Waals surface area contributed by atoms with Crippen LogP contribution in [0.15, 0.2) is 127 Å². The molecule has 2 heterocycles. The molecule has 0 aliphatic carbocycles. The quantitative estimate of drug-likeness (QED) is 0.115. The van der Waals surface area contributed by atoms with Crippen LogP contribution >= 0.6 is 23.2 Å². The van der Waals surface area contributed by atoms with Crippen LogP contribution in [0.3, 0.4) is 0 Å². The van der Waals surface area contributed by atoms with Gasteiger partial charge in [-0.2, -0.15) is 5.10 Å². The van der Waals surface area contributed by atoms with Crippen molar-refractivity contribution in [2.45, 2.75) is 44.7 Å². The van der Waals surface area contributed by atoms with Crippen LogP contribution < -0.4 is 5.32 Å². The lowest BCUT2D eigenvalue weighted by Gasteiger charge is -2.37. The average molecular weight is 720 g/mol. The molecule has 1 unspecified atom stereocenters. The van der Waals surface area contributed by atoms with E-state index in [4.69, 9.17) is 33.0 Å². The Hall–Kier alpha value is -4.50. The number of anilines is 1. The summed E-state index contributed by atoms with van der Waals surface area (Å²) in [5, 5.41) is 21.0. The first-order chi connectivity index (χ1) is 24.6. The Morgan fingerprint density at radius 3 is 1.90 bits per heavy atom. The summed E-state index contributed by atoms with van der Waals surface area (Å²) >= 11 is 13.4. The summed E-state index contributed by atoms with van der Waals surface area (Å²) < 4.78 is 7.81. The minimum atomic E-state index is -1.10. The number of fused-ring (bicyclic) bond motifs is 1. The van der Waals surface area contributed by atoms with Crippen LogP contribution in [-0.2, 0) is 15.1 Å². The Bertz CT molecular complexity index is 2030. The second kappa shape index (κ2) is 14.3. The van der Waals surface area contributed by atoms with Gasteiger partial charge < -0.3 is 15.2 Å². The molecule has 51 heavy (non-hydrogen) atoms. The van der Waals surface area contributed by atoms with Crippen LogP contribution in [0.1, 0.15) is 43.9 Å². The highest BCUT2D eigenvalue weighted by Crippen LogP contribution is 2.45. The Labute approximate surface area is 308 Å². The third-order valence-electron chi connectivity index (χ3n) is 9.43. The van der Waals surface area contributed by atoms with Gasteiger partial charge in [-0.3, -0.25) is 9.69 Å². The highest BCUT2D eigenvalue weighted by molar-refractivity contribution is 6.39. The zero-order valence-electron chi connectivity index (χ0n) is 28.8. The molecule has 1 saturated heterocycles. The fraction of sp³-hybridized carbons (Fsp3) is 0.238. The number of likely N-dealkylation sites (tertiary alicyclic amines) is 1. The molecule has 2 N–H and O–H groups in total. The number of halogens is 2. The van der Waals surface area contributed by atoms with E-state index in [1.54, 1.807) is 4.90 Å². The number of nitrogens with zero attached hydrogens (tertiary/aromatic N) is 3. The van der Waals surface area contributed by atoms with E-state index in [9.17, 15) is 9.90 Å². The van der Waals surface area contributed by atoms with Gasteiger partial charge in [0.2, 0.25) is 12.3 Å². The summed E-state index contributed by atoms with van der Waals surface area (Å²) in [6.07, 6.45) is -0.536. The summed E-state index contributed by atoms with van der Waals surface area (Å²) in [6, 6.07) is 42.3. The largest absolute Gasteiger partial charge is 0.356 e. The number of ether oxygens (including phenoxy) is 1. The van der Waals surface area contributed by atoms with Crippen LogP contribution in [0.2, 0.25) is 10.0 Å². The molecule has 0 spiro atoms. The average Bonchev–Trinajstić information content (AvgIpc) is 3.76. The molecule has 2 atom stereocenters. The molecule has 1 fully saturated rings. The molecule has 5 aromatic carbocycles. The van der Waals surface area contributed by atoms with Gasteiger partial charge in [0.15, 0.2) is 5.82 Å². The second-order valence-corrected chi connectivity index (χ2v) is 14.7. The smallest absolute Gasteiger partial charge is 0.230 e. The number of hydrogen-bond donors (Lipinski definition) is 2. The Morgan fingerprint density at radius 1 is 0.824 bits per heavy atom. The SMILES string of the molecule is CC(C)(C)OC(O)N1CC[C@@H](C(=O)Nc2nn(C(c3ccccc3)(c3ccccc3)c3ccccc3)c3ccc(-c4c(Cl)cccc4Cl)cc23)C1. The molecule has 1 aliphatic rings. The Balaban J connectivity index is 1.42. The maximum absolute atomic E-state index is 14.1. The number of nitrogens with one attached hydrogen (secondary N) is 1. The molecular formula is C42H40Cl2N4O3. The molecule has 7 rings (SSSR count). The van der Waals surface area contributed by atoms with Crippen molar-refractivity contribution in [3.05, 3.63) is 154 Å². The van der Waals surface area contributed by atoms with Crippen molar-refractivity contribution in [2.24, 2.45) is 5.92 Å². The number of aromatic nitrogens is 2. The van der Waals surface area contributed by atoms with Gasteiger partial charge in [-0.25, -0.2) is 4.68 Å². The summed E-state index contributed by atoms with van der Waals surface area (Å²) in [4.78, 5) is 15.9. The van der Waals surface area contributed by atoms with Crippen molar-refractivity contribution in [2.75, 3.05) is 18.4 Å². The van der Waals surface area contributed by atoms with Crippen LogP contribution in [0.25, 0.3) is 22.0 Å². The minimum absolute atomic E-state index is 0.182. The van der Waals surface area contributed by atoms with E-state index in [-0.39, 0.29) is 11.8 Å². The highest BCUT2D eigenvalue weighted by atomic mass is 35.5. The summed E-state index contributed by atoms with van der Waals surface area (Å²) in [6.45, 7) is 6.55. The van der Waals surface area contributed by atoms with E-state index in [0.717, 1.165) is 33.2 Å². The lowest BCUT2D eigenvalue weighted by atomic mass is 9.77. The van der Waals surface area contributed by atoms with Gasteiger partial charge in [-0.05, 0) is 73.7 Å². The molecule has 1 amide bonds. The maximum Gasteiger partial charge on any atom is 0.230 e. The number of rotatable bonds is 9. The highest BCUT2D eigenvalue weighted by Gasteiger charge is 2.41. The van der Waals surface area contributed by atoms with Gasteiger partial charge in [-0.15, -0.1) is 0 Å². The molecule has 1 aromatic heterocycles. The number of amides is 1. The topological polar surface area (TPSA) is 79.6 Å². The fourth-order valence-corrected chi connectivity index (χ4v) is 7.73. The number of carbonyl (C=O) groups is 1. The minimum Gasteiger partial charge on any atom is -0.356 e. The first kappa shape index (κ1) is 34.9. The second-order valence-electron chi connectivity index (χ2n) is 13.9. The zero-order chi connectivity index (χ0) is 35.8. The van der Waals surface area contributed by atoms with E-state index >= 15 is 0 Å². The molecule has 0 bridgehead atoms. The van der Waals surface area contributed by atoms with Crippen molar-refractivity contribution < 1.29 is 14.6 Å².